The van der Waals surface area contributed by atoms with E-state index >= 15 is 0 Å². The molecule has 1 amide bonds. The third-order valence-corrected chi connectivity index (χ3v) is 1.65. The van der Waals surface area contributed by atoms with E-state index in [1.54, 1.807) is 6.92 Å². The van der Waals surface area contributed by atoms with Crippen LogP contribution in [-0.2, 0) is 14.3 Å². The van der Waals surface area contributed by atoms with Crippen LogP contribution in [0.25, 0.3) is 0 Å². The standard InChI is InChI=1S/C10H10N2O4/c1-2-16-10(15)9(14)7-4-3-5-8(12-7)11-6-13/h3-6H,2H2,1H3,(H,11,12,13). The van der Waals surface area contributed by atoms with Crippen molar-refractivity contribution in [1.29, 1.82) is 0 Å². The summed E-state index contributed by atoms with van der Waals surface area (Å²) >= 11 is 0. The van der Waals surface area contributed by atoms with Gasteiger partial charge in [-0.2, -0.15) is 0 Å². The molecular formula is C10H10N2O4. The van der Waals surface area contributed by atoms with E-state index in [1.807, 2.05) is 0 Å². The summed E-state index contributed by atoms with van der Waals surface area (Å²) in [6.07, 6.45) is 0.432. The summed E-state index contributed by atoms with van der Waals surface area (Å²) in [5.74, 6) is -1.60. The second-order valence-electron chi connectivity index (χ2n) is 2.72. The molecule has 84 valence electrons. The number of carbonyl (C=O) groups excluding carboxylic acids is 3. The number of aromatic nitrogens is 1. The van der Waals surface area contributed by atoms with Gasteiger partial charge in [-0.3, -0.25) is 9.59 Å². The first-order valence-corrected chi connectivity index (χ1v) is 4.57. The van der Waals surface area contributed by atoms with Gasteiger partial charge in [-0.1, -0.05) is 6.07 Å². The average molecular weight is 222 g/mol. The maximum absolute atomic E-state index is 11.4. The van der Waals surface area contributed by atoms with Gasteiger partial charge in [0.25, 0.3) is 5.78 Å². The Hall–Kier alpha value is -2.24. The zero-order valence-corrected chi connectivity index (χ0v) is 8.60. The van der Waals surface area contributed by atoms with Crippen LogP contribution in [0.4, 0.5) is 5.82 Å². The Balaban J connectivity index is 2.86. The number of ketones is 1. The molecular weight excluding hydrogens is 212 g/mol. The largest absolute Gasteiger partial charge is 0.460 e. The van der Waals surface area contributed by atoms with Gasteiger partial charge in [0.1, 0.15) is 11.5 Å². The van der Waals surface area contributed by atoms with Gasteiger partial charge in [0.15, 0.2) is 0 Å². The molecule has 0 atom stereocenters. The Morgan fingerprint density at radius 1 is 1.50 bits per heavy atom. The van der Waals surface area contributed by atoms with Crippen molar-refractivity contribution in [2.24, 2.45) is 0 Å². The van der Waals surface area contributed by atoms with Crippen LogP contribution in [0.5, 0.6) is 0 Å². The number of carbonyl (C=O) groups is 3. The highest BCUT2D eigenvalue weighted by Gasteiger charge is 2.18. The molecule has 6 heteroatoms. The highest BCUT2D eigenvalue weighted by atomic mass is 16.5. The fraction of sp³-hybridized carbons (Fsp3) is 0.200. The molecule has 0 aliphatic heterocycles. The van der Waals surface area contributed by atoms with E-state index in [0.29, 0.717) is 6.41 Å². The highest BCUT2D eigenvalue weighted by Crippen LogP contribution is 2.05. The summed E-state index contributed by atoms with van der Waals surface area (Å²) in [6, 6.07) is 4.37. The lowest BCUT2D eigenvalue weighted by Crippen LogP contribution is -2.19. The Labute approximate surface area is 91.6 Å². The van der Waals surface area contributed by atoms with Crippen LogP contribution in [0.2, 0.25) is 0 Å². The fourth-order valence-electron chi connectivity index (χ4n) is 1.00. The number of amides is 1. The molecule has 1 aromatic heterocycles. The molecule has 1 aromatic rings. The van der Waals surface area contributed by atoms with Gasteiger partial charge < -0.3 is 10.1 Å². The number of rotatable bonds is 5. The minimum atomic E-state index is -0.960. The summed E-state index contributed by atoms with van der Waals surface area (Å²) in [6.45, 7) is 1.72. The smallest absolute Gasteiger partial charge is 0.381 e. The van der Waals surface area contributed by atoms with Crippen molar-refractivity contribution in [3.05, 3.63) is 23.9 Å². The molecule has 1 heterocycles. The number of hydrogen-bond donors (Lipinski definition) is 1. The van der Waals surface area contributed by atoms with Gasteiger partial charge in [0, 0.05) is 0 Å². The Kier molecular flexibility index (Phi) is 4.14. The first-order valence-electron chi connectivity index (χ1n) is 4.57. The zero-order valence-electron chi connectivity index (χ0n) is 8.60. The van der Waals surface area contributed by atoms with Crippen molar-refractivity contribution in [1.82, 2.24) is 4.98 Å². The first kappa shape index (κ1) is 11.8. The van der Waals surface area contributed by atoms with Crippen LogP contribution in [0.15, 0.2) is 18.2 Å². The number of nitrogens with one attached hydrogen (secondary N) is 1. The summed E-state index contributed by atoms with van der Waals surface area (Å²) in [5.41, 5.74) is -0.0645. The third kappa shape index (κ3) is 2.88. The van der Waals surface area contributed by atoms with E-state index in [1.165, 1.54) is 18.2 Å². The monoisotopic (exact) mass is 222 g/mol. The molecule has 0 radical (unpaired) electrons. The molecule has 0 aliphatic rings. The normalized spacial score (nSPS) is 9.31. The van der Waals surface area contributed by atoms with E-state index in [9.17, 15) is 14.4 Å². The Morgan fingerprint density at radius 3 is 2.88 bits per heavy atom. The second kappa shape index (κ2) is 5.59. The minimum Gasteiger partial charge on any atom is -0.460 e. The van der Waals surface area contributed by atoms with Crippen molar-refractivity contribution in [2.75, 3.05) is 11.9 Å². The predicted molar refractivity (Wildman–Crippen MR) is 54.9 cm³/mol. The van der Waals surface area contributed by atoms with E-state index in [0.717, 1.165) is 0 Å². The zero-order chi connectivity index (χ0) is 12.0. The van der Waals surface area contributed by atoms with Gasteiger partial charge in [-0.15, -0.1) is 0 Å². The van der Waals surface area contributed by atoms with Gasteiger partial charge in [-0.05, 0) is 19.1 Å². The SMILES string of the molecule is CCOC(=O)C(=O)c1cccc(NC=O)n1. The summed E-state index contributed by atoms with van der Waals surface area (Å²) in [5, 5.41) is 2.28. The topological polar surface area (TPSA) is 85.4 Å². The average Bonchev–Trinajstić information content (AvgIpc) is 2.29. The van der Waals surface area contributed by atoms with Crippen LogP contribution in [-0.4, -0.2) is 29.8 Å². The maximum atomic E-state index is 11.4. The molecule has 0 saturated carbocycles. The number of esters is 1. The van der Waals surface area contributed by atoms with Crippen LogP contribution in [0, 0.1) is 0 Å². The molecule has 0 aromatic carbocycles. The predicted octanol–water partition coefficient (Wildman–Crippen LogP) is 0.396. The number of hydrogen-bond acceptors (Lipinski definition) is 5. The van der Waals surface area contributed by atoms with Crippen LogP contribution >= 0.6 is 0 Å². The van der Waals surface area contributed by atoms with Gasteiger partial charge in [-0.25, -0.2) is 9.78 Å². The molecule has 16 heavy (non-hydrogen) atoms. The molecule has 0 saturated heterocycles. The first-order chi connectivity index (χ1) is 7.69. The van der Waals surface area contributed by atoms with Crippen molar-refractivity contribution in [3.8, 4) is 0 Å². The minimum absolute atomic E-state index is 0.0645. The molecule has 1 rings (SSSR count). The summed E-state index contributed by atoms with van der Waals surface area (Å²) in [4.78, 5) is 36.5. The third-order valence-electron chi connectivity index (χ3n) is 1.65. The summed E-state index contributed by atoms with van der Waals surface area (Å²) < 4.78 is 4.54. The summed E-state index contributed by atoms with van der Waals surface area (Å²) in [7, 11) is 0. The van der Waals surface area contributed by atoms with Crippen molar-refractivity contribution < 1.29 is 19.1 Å². The molecule has 0 bridgehead atoms. The van der Waals surface area contributed by atoms with Crippen molar-refractivity contribution in [2.45, 2.75) is 6.92 Å². The van der Waals surface area contributed by atoms with Gasteiger partial charge in [0.05, 0.1) is 6.61 Å². The quantitative estimate of drug-likeness (QED) is 0.337. The number of ether oxygens (including phenoxy) is 1. The van der Waals surface area contributed by atoms with Crippen molar-refractivity contribution >= 4 is 24.0 Å². The molecule has 0 aliphatic carbocycles. The van der Waals surface area contributed by atoms with Crippen LogP contribution < -0.4 is 5.32 Å². The lowest BCUT2D eigenvalue weighted by molar-refractivity contribution is -0.137. The van der Waals surface area contributed by atoms with E-state index in [-0.39, 0.29) is 18.1 Å². The highest BCUT2D eigenvalue weighted by molar-refractivity contribution is 6.40. The molecule has 1 N–H and O–H groups in total. The molecule has 0 spiro atoms. The van der Waals surface area contributed by atoms with Crippen molar-refractivity contribution in [3.63, 3.8) is 0 Å². The van der Waals surface area contributed by atoms with Gasteiger partial charge >= 0.3 is 5.97 Å². The Bertz CT molecular complexity index is 417. The molecule has 0 unspecified atom stereocenters. The second-order valence-corrected chi connectivity index (χ2v) is 2.72. The van der Waals surface area contributed by atoms with Gasteiger partial charge in [0.2, 0.25) is 6.41 Å². The van der Waals surface area contributed by atoms with E-state index in [4.69, 9.17) is 0 Å². The maximum Gasteiger partial charge on any atom is 0.381 e. The number of nitrogens with zero attached hydrogens (tertiary/aromatic N) is 1. The van der Waals surface area contributed by atoms with Crippen LogP contribution in [0.3, 0.4) is 0 Å². The van der Waals surface area contributed by atoms with Crippen LogP contribution in [0.1, 0.15) is 17.4 Å². The van der Waals surface area contributed by atoms with E-state index < -0.39 is 11.8 Å². The Morgan fingerprint density at radius 2 is 2.25 bits per heavy atom. The number of pyridine rings is 1. The molecule has 6 nitrogen and oxygen atoms in total. The van der Waals surface area contributed by atoms with E-state index in [2.05, 4.69) is 15.0 Å². The molecule has 0 fully saturated rings. The lowest BCUT2D eigenvalue weighted by Gasteiger charge is -2.02. The number of anilines is 1. The fourth-order valence-corrected chi connectivity index (χ4v) is 1.00. The number of Topliss-reactive ketones (excluding diaryl/α,β-unsaturated/α-hetero) is 1. The lowest BCUT2D eigenvalue weighted by atomic mass is 10.2.